The molecule has 0 bridgehead atoms. The number of allylic oxidation sites excluding steroid dienone is 1. The number of amides is 1. The molecule has 0 atom stereocenters. The quantitative estimate of drug-likeness (QED) is 0.345. The average molecular weight is 405 g/mol. The molecule has 30 heavy (non-hydrogen) atoms. The number of nitriles is 1. The molecule has 0 aliphatic rings. The van der Waals surface area contributed by atoms with Crippen molar-refractivity contribution in [1.82, 2.24) is 4.90 Å². The smallest absolute Gasteiger partial charge is 0.264 e. The highest BCUT2D eigenvalue weighted by Gasteiger charge is 2.16. The number of carbonyl (C=O) groups excluding carboxylic acids is 1. The summed E-state index contributed by atoms with van der Waals surface area (Å²) >= 11 is 0. The first-order chi connectivity index (χ1) is 14.4. The molecule has 2 aromatic rings. The lowest BCUT2D eigenvalue weighted by molar-refractivity contribution is -0.124. The summed E-state index contributed by atoms with van der Waals surface area (Å²) in [6, 6.07) is 13.8. The Morgan fingerprint density at radius 2 is 1.90 bits per heavy atom. The van der Waals surface area contributed by atoms with Gasteiger partial charge in [0.25, 0.3) is 5.91 Å². The maximum Gasteiger partial charge on any atom is 0.264 e. The van der Waals surface area contributed by atoms with Gasteiger partial charge in [0.05, 0.1) is 6.61 Å². The molecule has 156 valence electrons. The van der Waals surface area contributed by atoms with Gasteiger partial charge in [-0.05, 0) is 49.6 Å². The van der Waals surface area contributed by atoms with E-state index in [-0.39, 0.29) is 11.5 Å². The normalized spacial score (nSPS) is 10.8. The van der Waals surface area contributed by atoms with E-state index < -0.39 is 0 Å². The molecule has 0 saturated carbocycles. The van der Waals surface area contributed by atoms with Crippen molar-refractivity contribution in [2.24, 2.45) is 0 Å². The van der Waals surface area contributed by atoms with Gasteiger partial charge in [-0.3, -0.25) is 4.79 Å². The van der Waals surface area contributed by atoms with Gasteiger partial charge in [-0.25, -0.2) is 0 Å². The molecule has 0 N–H and O–H groups in total. The summed E-state index contributed by atoms with van der Waals surface area (Å²) in [4.78, 5) is 13.6. The van der Waals surface area contributed by atoms with E-state index in [4.69, 9.17) is 9.47 Å². The second kappa shape index (κ2) is 10.9. The number of ether oxygens (including phenoxy) is 2. The van der Waals surface area contributed by atoms with Crippen LogP contribution in [0.3, 0.4) is 0 Å². The maximum absolute atomic E-state index is 12.2. The second-order valence-corrected chi connectivity index (χ2v) is 7.08. The molecule has 0 fully saturated rings. The molecule has 0 heterocycles. The lowest BCUT2D eigenvalue weighted by atomic mass is 10.0. The summed E-state index contributed by atoms with van der Waals surface area (Å²) in [5.74, 6) is 0.872. The Balaban J connectivity index is 2.45. The van der Waals surface area contributed by atoms with E-state index >= 15 is 0 Å². The first kappa shape index (κ1) is 22.8. The highest BCUT2D eigenvalue weighted by Crippen LogP contribution is 2.35. The summed E-state index contributed by atoms with van der Waals surface area (Å²) in [6.07, 6.45) is 3.92. The van der Waals surface area contributed by atoms with Crippen molar-refractivity contribution >= 4 is 12.0 Å². The molecular weight excluding hydrogens is 376 g/mol. The number of hydrogen-bond donors (Lipinski definition) is 0. The van der Waals surface area contributed by atoms with Crippen LogP contribution >= 0.6 is 0 Å². The van der Waals surface area contributed by atoms with E-state index in [1.807, 2.05) is 50.2 Å². The molecule has 0 spiro atoms. The van der Waals surface area contributed by atoms with Crippen molar-refractivity contribution in [3.63, 3.8) is 0 Å². The van der Waals surface area contributed by atoms with Crippen LogP contribution in [0.2, 0.25) is 0 Å². The Kier molecular flexibility index (Phi) is 8.25. The Morgan fingerprint density at radius 1 is 1.20 bits per heavy atom. The van der Waals surface area contributed by atoms with Crippen molar-refractivity contribution in [2.45, 2.75) is 26.9 Å². The third-order valence-corrected chi connectivity index (χ3v) is 4.39. The lowest BCUT2D eigenvalue weighted by Crippen LogP contribution is -2.22. The van der Waals surface area contributed by atoms with E-state index in [1.165, 1.54) is 10.5 Å². The Bertz CT molecular complexity index is 967. The topological polar surface area (TPSA) is 62.6 Å². The van der Waals surface area contributed by atoms with Gasteiger partial charge in [0.1, 0.15) is 18.2 Å². The van der Waals surface area contributed by atoms with Crippen molar-refractivity contribution in [1.29, 1.82) is 5.26 Å². The number of nitrogens with zero attached hydrogens (tertiary/aromatic N) is 2. The van der Waals surface area contributed by atoms with E-state index in [1.54, 1.807) is 32.3 Å². The summed E-state index contributed by atoms with van der Waals surface area (Å²) in [5.41, 5.74) is 3.88. The van der Waals surface area contributed by atoms with Crippen molar-refractivity contribution in [3.05, 3.63) is 76.9 Å². The van der Waals surface area contributed by atoms with Crippen LogP contribution in [0.25, 0.3) is 6.08 Å². The van der Waals surface area contributed by atoms with Crippen LogP contribution in [0.5, 0.6) is 11.5 Å². The highest BCUT2D eigenvalue weighted by atomic mass is 16.5. The van der Waals surface area contributed by atoms with Gasteiger partial charge in [0.15, 0.2) is 11.5 Å². The van der Waals surface area contributed by atoms with Crippen LogP contribution in [-0.2, 0) is 17.8 Å². The standard InChI is InChI=1S/C25H28N2O3/c1-6-8-21-13-20(14-22(16-26)25(28)27(4)5)15-23(29-7-2)24(21)30-17-19-11-9-18(3)10-12-19/h6,9-15H,1,7-8,17H2,2-5H3/b22-14-. The fourth-order valence-corrected chi connectivity index (χ4v) is 2.89. The number of benzene rings is 2. The van der Waals surface area contributed by atoms with Crippen molar-refractivity contribution < 1.29 is 14.3 Å². The number of aryl methyl sites for hydroxylation is 1. The van der Waals surface area contributed by atoms with E-state index in [2.05, 4.69) is 6.58 Å². The first-order valence-electron chi connectivity index (χ1n) is 9.82. The molecule has 0 radical (unpaired) electrons. The second-order valence-electron chi connectivity index (χ2n) is 7.08. The van der Waals surface area contributed by atoms with Gasteiger partial charge in [-0.1, -0.05) is 35.9 Å². The van der Waals surface area contributed by atoms with Crippen LogP contribution in [-0.4, -0.2) is 31.5 Å². The molecule has 0 saturated heterocycles. The molecule has 1 amide bonds. The Hall–Kier alpha value is -3.52. The molecule has 5 nitrogen and oxygen atoms in total. The zero-order chi connectivity index (χ0) is 22.1. The van der Waals surface area contributed by atoms with Crippen LogP contribution in [0, 0.1) is 18.3 Å². The van der Waals surface area contributed by atoms with Crippen molar-refractivity contribution in [3.8, 4) is 17.6 Å². The molecular formula is C25H28N2O3. The summed E-state index contributed by atoms with van der Waals surface area (Å²) in [6.45, 7) is 8.64. The van der Waals surface area contributed by atoms with Crippen LogP contribution in [0.15, 0.2) is 54.6 Å². The minimum absolute atomic E-state index is 0.0559. The lowest BCUT2D eigenvalue weighted by Gasteiger charge is -2.17. The van der Waals surface area contributed by atoms with E-state index in [0.717, 1.165) is 11.1 Å². The van der Waals surface area contributed by atoms with Gasteiger partial charge in [-0.2, -0.15) is 5.26 Å². The number of carbonyl (C=O) groups is 1. The molecule has 0 aromatic heterocycles. The SMILES string of the molecule is C=CCc1cc(/C=C(/C#N)C(=O)N(C)C)cc(OCC)c1OCc1ccc(C)cc1. The Labute approximate surface area is 178 Å². The Morgan fingerprint density at radius 3 is 2.47 bits per heavy atom. The van der Waals surface area contributed by atoms with Gasteiger partial charge < -0.3 is 14.4 Å². The summed E-state index contributed by atoms with van der Waals surface area (Å²) in [5, 5.41) is 9.40. The van der Waals surface area contributed by atoms with E-state index in [9.17, 15) is 10.1 Å². The summed E-state index contributed by atoms with van der Waals surface area (Å²) in [7, 11) is 3.23. The molecule has 5 heteroatoms. The predicted octanol–water partition coefficient (Wildman–Crippen LogP) is 4.70. The molecule has 0 unspecified atom stereocenters. The molecule has 0 aliphatic heterocycles. The maximum atomic E-state index is 12.2. The first-order valence-corrected chi connectivity index (χ1v) is 9.82. The summed E-state index contributed by atoms with van der Waals surface area (Å²) < 4.78 is 12.0. The zero-order valence-corrected chi connectivity index (χ0v) is 18.1. The minimum atomic E-state index is -0.347. The number of likely N-dealkylation sites (N-methyl/N-ethyl adjacent to an activating group) is 1. The van der Waals surface area contributed by atoms with E-state index in [0.29, 0.717) is 36.7 Å². The third-order valence-electron chi connectivity index (χ3n) is 4.39. The predicted molar refractivity (Wildman–Crippen MR) is 119 cm³/mol. The van der Waals surface area contributed by atoms with Gasteiger partial charge in [0, 0.05) is 19.7 Å². The fraction of sp³-hybridized carbons (Fsp3) is 0.280. The van der Waals surface area contributed by atoms with Gasteiger partial charge >= 0.3 is 0 Å². The number of rotatable bonds is 9. The van der Waals surface area contributed by atoms with Crippen LogP contribution in [0.1, 0.15) is 29.2 Å². The zero-order valence-electron chi connectivity index (χ0n) is 18.1. The largest absolute Gasteiger partial charge is 0.490 e. The average Bonchev–Trinajstić information content (AvgIpc) is 2.72. The number of hydrogen-bond acceptors (Lipinski definition) is 4. The fourth-order valence-electron chi connectivity index (χ4n) is 2.89. The molecule has 2 rings (SSSR count). The molecule has 2 aromatic carbocycles. The minimum Gasteiger partial charge on any atom is -0.490 e. The molecule has 0 aliphatic carbocycles. The highest BCUT2D eigenvalue weighted by molar-refractivity contribution is 6.01. The van der Waals surface area contributed by atoms with Crippen molar-refractivity contribution in [2.75, 3.05) is 20.7 Å². The third kappa shape index (κ3) is 5.99. The van der Waals surface area contributed by atoms with Crippen LogP contribution in [0.4, 0.5) is 0 Å². The van der Waals surface area contributed by atoms with Gasteiger partial charge in [0.2, 0.25) is 0 Å². The monoisotopic (exact) mass is 404 g/mol. The van der Waals surface area contributed by atoms with Crippen LogP contribution < -0.4 is 9.47 Å². The van der Waals surface area contributed by atoms with Gasteiger partial charge in [-0.15, -0.1) is 6.58 Å².